The van der Waals surface area contributed by atoms with Crippen LogP contribution in [0.5, 0.6) is 34.5 Å². The lowest BCUT2D eigenvalue weighted by atomic mass is 9.65. The zero-order valence-electron chi connectivity index (χ0n) is 40.3. The minimum atomic E-state index is -1.11. The van der Waals surface area contributed by atoms with Crippen LogP contribution >= 0.6 is 0 Å². The van der Waals surface area contributed by atoms with Gasteiger partial charge in [-0.25, -0.2) is 0 Å². The summed E-state index contributed by atoms with van der Waals surface area (Å²) in [6.45, 7) is 0. The molecular weight excluding hydrogens is 921 g/mol. The SMILES string of the molecule is Nc1cc(Oc2ccc(C3(c4ccc(Oc5ccc(O)c(N)c5)cc4)c4c(C#Cc5ccccc5)cc(C#Cc5ccccc5)cc4-c4cc(C#Cc5ccccc5)cc(C#Cc5ccccc5)c43)cc2)ccc1O. The van der Waals surface area contributed by atoms with Gasteiger partial charge in [-0.1, -0.05) is 144 Å². The fraction of sp³-hybridized carbons (Fsp3) is 0.0145. The van der Waals surface area contributed by atoms with Gasteiger partial charge in [0.1, 0.15) is 34.5 Å². The summed E-state index contributed by atoms with van der Waals surface area (Å²) in [5.41, 5.74) is 23.6. The van der Waals surface area contributed by atoms with Crippen LogP contribution < -0.4 is 20.9 Å². The summed E-state index contributed by atoms with van der Waals surface area (Å²) in [6.07, 6.45) is 0. The first-order valence-corrected chi connectivity index (χ1v) is 24.2. The second kappa shape index (κ2) is 20.5. The molecule has 0 radical (unpaired) electrons. The lowest BCUT2D eigenvalue weighted by molar-refractivity contribution is 0.466. The number of hydrogen-bond donors (Lipinski definition) is 4. The van der Waals surface area contributed by atoms with Crippen LogP contribution in [-0.4, -0.2) is 10.2 Å². The van der Waals surface area contributed by atoms with Gasteiger partial charge in [-0.05, 0) is 155 Å². The van der Waals surface area contributed by atoms with E-state index in [1.807, 2.05) is 146 Å². The smallest absolute Gasteiger partial charge is 0.138 e. The molecule has 0 atom stereocenters. The number of aromatic hydroxyl groups is 2. The standard InChI is InChI=1S/C69H44N2O4/c70-63-45-59(37-39-65(63)72)74-57-33-29-55(30-34-57)69(56-31-35-58(36-32-56)75-60-38-40-66(73)64(71)46-60)67-53(27-25-49-17-9-3-10-18-49)41-51(23-21-47-13-5-1-6-14-47)43-61(67)62-44-52(24-22-48-15-7-2-8-16-48)42-54(68(62)69)28-26-50-19-11-4-12-20-50/h1-20,29-46,72-73H,70-71H2. The van der Waals surface area contributed by atoms with Gasteiger partial charge in [0.2, 0.25) is 0 Å². The third-order valence-electron chi connectivity index (χ3n) is 12.8. The number of ether oxygens (including phenoxy) is 2. The third-order valence-corrected chi connectivity index (χ3v) is 12.8. The molecule has 0 saturated carbocycles. The molecule has 0 fully saturated rings. The zero-order chi connectivity index (χ0) is 51.1. The molecule has 10 aromatic carbocycles. The van der Waals surface area contributed by atoms with E-state index >= 15 is 0 Å². The van der Waals surface area contributed by atoms with Crippen LogP contribution in [0.2, 0.25) is 0 Å². The zero-order valence-corrected chi connectivity index (χ0v) is 40.3. The summed E-state index contributed by atoms with van der Waals surface area (Å²) >= 11 is 0. The Kier molecular flexibility index (Phi) is 12.8. The Morgan fingerprint density at radius 3 is 0.947 bits per heavy atom. The van der Waals surface area contributed by atoms with Crippen LogP contribution in [0.3, 0.4) is 0 Å². The van der Waals surface area contributed by atoms with E-state index in [9.17, 15) is 10.2 Å². The second-order valence-corrected chi connectivity index (χ2v) is 17.8. The van der Waals surface area contributed by atoms with Gasteiger partial charge in [0, 0.05) is 56.6 Å². The van der Waals surface area contributed by atoms with Crippen molar-refractivity contribution in [1.82, 2.24) is 0 Å². The third kappa shape index (κ3) is 9.84. The molecule has 10 aromatic rings. The quantitative estimate of drug-likeness (QED) is 0.0751. The van der Waals surface area contributed by atoms with Gasteiger partial charge in [0.05, 0.1) is 16.8 Å². The molecule has 0 heterocycles. The minimum Gasteiger partial charge on any atom is -0.506 e. The predicted molar refractivity (Wildman–Crippen MR) is 299 cm³/mol. The maximum absolute atomic E-state index is 10.2. The number of benzene rings is 10. The van der Waals surface area contributed by atoms with E-state index in [-0.39, 0.29) is 22.9 Å². The molecule has 1 aliphatic rings. The van der Waals surface area contributed by atoms with Crippen molar-refractivity contribution in [2.75, 3.05) is 11.5 Å². The van der Waals surface area contributed by atoms with E-state index in [1.165, 1.54) is 12.1 Å². The molecular formula is C69H44N2O4. The Labute approximate surface area is 436 Å². The Balaban J connectivity index is 1.23. The molecule has 354 valence electrons. The molecule has 0 aliphatic heterocycles. The Morgan fingerprint density at radius 1 is 0.307 bits per heavy atom. The molecule has 0 bridgehead atoms. The number of fused-ring (bicyclic) bond motifs is 3. The van der Waals surface area contributed by atoms with E-state index < -0.39 is 5.41 Å². The van der Waals surface area contributed by atoms with Gasteiger partial charge in [0.15, 0.2) is 0 Å². The molecule has 0 aromatic heterocycles. The number of nitrogens with two attached hydrogens (primary N) is 2. The lowest BCUT2D eigenvalue weighted by Crippen LogP contribution is -2.30. The predicted octanol–water partition coefficient (Wildman–Crippen LogP) is 13.8. The first-order chi connectivity index (χ1) is 36.8. The number of rotatable bonds is 6. The largest absolute Gasteiger partial charge is 0.506 e. The molecule has 6 N–H and O–H groups in total. The van der Waals surface area contributed by atoms with Gasteiger partial charge in [-0.3, -0.25) is 0 Å². The molecule has 6 heteroatoms. The first-order valence-electron chi connectivity index (χ1n) is 24.2. The van der Waals surface area contributed by atoms with Crippen LogP contribution in [0.15, 0.2) is 231 Å². The maximum Gasteiger partial charge on any atom is 0.138 e. The summed E-state index contributed by atoms with van der Waals surface area (Å²) in [5.74, 6) is 30.2. The molecule has 1 aliphatic carbocycles. The van der Waals surface area contributed by atoms with Crippen LogP contribution in [0.1, 0.15) is 66.8 Å². The number of phenols is 2. The molecule has 6 nitrogen and oxygen atoms in total. The highest BCUT2D eigenvalue weighted by molar-refractivity contribution is 5.92. The maximum atomic E-state index is 10.2. The van der Waals surface area contributed by atoms with Crippen LogP contribution in [-0.2, 0) is 5.41 Å². The van der Waals surface area contributed by atoms with E-state index in [4.69, 9.17) is 20.9 Å². The second-order valence-electron chi connectivity index (χ2n) is 17.8. The summed E-state index contributed by atoms with van der Waals surface area (Å²) in [5, 5.41) is 20.4. The normalized spacial score (nSPS) is 11.4. The molecule has 0 saturated heterocycles. The summed E-state index contributed by atoms with van der Waals surface area (Å²) in [4.78, 5) is 0. The molecule has 0 amide bonds. The van der Waals surface area contributed by atoms with E-state index in [1.54, 1.807) is 24.3 Å². The molecule has 0 spiro atoms. The topological polar surface area (TPSA) is 111 Å². The highest BCUT2D eigenvalue weighted by atomic mass is 16.5. The van der Waals surface area contributed by atoms with Gasteiger partial charge < -0.3 is 31.2 Å². The fourth-order valence-corrected chi connectivity index (χ4v) is 9.39. The Morgan fingerprint density at radius 2 is 0.613 bits per heavy atom. The van der Waals surface area contributed by atoms with E-state index in [0.29, 0.717) is 23.0 Å². The van der Waals surface area contributed by atoms with Gasteiger partial charge in [0.25, 0.3) is 0 Å². The van der Waals surface area contributed by atoms with Gasteiger partial charge in [-0.2, -0.15) is 0 Å². The van der Waals surface area contributed by atoms with E-state index in [2.05, 4.69) is 95.9 Å². The molecule has 0 unspecified atom stereocenters. The van der Waals surface area contributed by atoms with Gasteiger partial charge >= 0.3 is 0 Å². The summed E-state index contributed by atoms with van der Waals surface area (Å²) in [7, 11) is 0. The molecule has 75 heavy (non-hydrogen) atoms. The summed E-state index contributed by atoms with van der Waals surface area (Å²) in [6, 6.07) is 74.0. The lowest BCUT2D eigenvalue weighted by Gasteiger charge is -2.35. The van der Waals surface area contributed by atoms with Crippen molar-refractivity contribution in [1.29, 1.82) is 0 Å². The van der Waals surface area contributed by atoms with Crippen LogP contribution in [0.25, 0.3) is 11.1 Å². The van der Waals surface area contributed by atoms with Crippen molar-refractivity contribution in [2.45, 2.75) is 5.41 Å². The highest BCUT2D eigenvalue weighted by Crippen LogP contribution is 2.59. The highest BCUT2D eigenvalue weighted by Gasteiger charge is 2.49. The van der Waals surface area contributed by atoms with Crippen LogP contribution in [0, 0.1) is 47.4 Å². The average molecular weight is 965 g/mol. The van der Waals surface area contributed by atoms with Crippen molar-refractivity contribution in [2.24, 2.45) is 0 Å². The molecule has 11 rings (SSSR count). The number of anilines is 2. The summed E-state index contributed by atoms with van der Waals surface area (Å²) < 4.78 is 12.7. The van der Waals surface area contributed by atoms with Crippen molar-refractivity contribution in [3.05, 3.63) is 297 Å². The first kappa shape index (κ1) is 46.6. The number of nitrogen functional groups attached to an aromatic ring is 2. The van der Waals surface area contributed by atoms with Crippen molar-refractivity contribution >= 4 is 11.4 Å². The van der Waals surface area contributed by atoms with Crippen molar-refractivity contribution in [3.63, 3.8) is 0 Å². The van der Waals surface area contributed by atoms with Crippen LogP contribution in [0.4, 0.5) is 11.4 Å². The van der Waals surface area contributed by atoms with E-state index in [0.717, 1.165) is 77.9 Å². The average Bonchev–Trinajstić information content (AvgIpc) is 3.91. The van der Waals surface area contributed by atoms with Gasteiger partial charge in [-0.15, -0.1) is 0 Å². The van der Waals surface area contributed by atoms with Crippen molar-refractivity contribution < 1.29 is 19.7 Å². The monoisotopic (exact) mass is 964 g/mol. The Bertz CT molecular complexity index is 3770. The fourth-order valence-electron chi connectivity index (χ4n) is 9.39. The Hall–Kier alpha value is -10.8. The number of hydrogen-bond acceptors (Lipinski definition) is 6. The van der Waals surface area contributed by atoms with Crippen molar-refractivity contribution in [3.8, 4) is 93.0 Å². The minimum absolute atomic E-state index is 0.0254. The number of phenolic OH excluding ortho intramolecular Hbond substituents is 2.